The maximum atomic E-state index is 9.77. The summed E-state index contributed by atoms with van der Waals surface area (Å²) in [5.41, 5.74) is 0. The van der Waals surface area contributed by atoms with Crippen molar-refractivity contribution in [2.45, 2.75) is 20.8 Å². The molecule has 1 rings (SSSR count). The number of rotatable bonds is 6. The van der Waals surface area contributed by atoms with Gasteiger partial charge in [0.05, 0.1) is 19.8 Å². The van der Waals surface area contributed by atoms with Crippen LogP contribution in [0.2, 0.25) is 0 Å². The summed E-state index contributed by atoms with van der Waals surface area (Å²) < 4.78 is 16.0. The van der Waals surface area contributed by atoms with Gasteiger partial charge in [-0.05, 0) is 20.8 Å². The highest BCUT2D eigenvalue weighted by Gasteiger charge is 2.13. The molecule has 4 heteroatoms. The summed E-state index contributed by atoms with van der Waals surface area (Å²) in [5.74, 6) is 1.49. The molecule has 1 aromatic carbocycles. The lowest BCUT2D eigenvalue weighted by Crippen LogP contribution is -2.00. The standard InChI is InChI=1S/C12H18O4/c1-4-14-9-7-10(13)12(16-6-3)11(8-9)15-5-2/h7-8,13H,4-6H2,1-3H3. The Labute approximate surface area is 95.8 Å². The van der Waals surface area contributed by atoms with Crippen LogP contribution in [0.5, 0.6) is 23.0 Å². The van der Waals surface area contributed by atoms with Crippen molar-refractivity contribution in [3.05, 3.63) is 12.1 Å². The predicted octanol–water partition coefficient (Wildman–Crippen LogP) is 2.59. The van der Waals surface area contributed by atoms with E-state index >= 15 is 0 Å². The number of phenols is 1. The summed E-state index contributed by atoms with van der Waals surface area (Å²) >= 11 is 0. The molecular weight excluding hydrogens is 208 g/mol. The molecular formula is C12H18O4. The molecule has 0 unspecified atom stereocenters. The molecule has 0 atom stereocenters. The third-order valence-corrected chi connectivity index (χ3v) is 1.91. The molecule has 0 aliphatic carbocycles. The zero-order valence-electron chi connectivity index (χ0n) is 9.95. The fourth-order valence-corrected chi connectivity index (χ4v) is 1.37. The summed E-state index contributed by atoms with van der Waals surface area (Å²) in [7, 11) is 0. The maximum Gasteiger partial charge on any atom is 0.203 e. The lowest BCUT2D eigenvalue weighted by atomic mass is 10.2. The van der Waals surface area contributed by atoms with Crippen molar-refractivity contribution in [3.8, 4) is 23.0 Å². The van der Waals surface area contributed by atoms with E-state index in [1.165, 1.54) is 6.07 Å². The lowest BCUT2D eigenvalue weighted by Gasteiger charge is -2.14. The molecule has 0 saturated carbocycles. The normalized spacial score (nSPS) is 9.94. The van der Waals surface area contributed by atoms with Gasteiger partial charge in [-0.25, -0.2) is 0 Å². The summed E-state index contributed by atoms with van der Waals surface area (Å²) in [6.45, 7) is 7.13. The van der Waals surface area contributed by atoms with Crippen molar-refractivity contribution < 1.29 is 19.3 Å². The van der Waals surface area contributed by atoms with Crippen molar-refractivity contribution in [1.82, 2.24) is 0 Å². The minimum atomic E-state index is 0.0382. The number of ether oxygens (including phenoxy) is 3. The van der Waals surface area contributed by atoms with Crippen LogP contribution < -0.4 is 14.2 Å². The van der Waals surface area contributed by atoms with E-state index in [2.05, 4.69) is 0 Å². The Kier molecular flexibility index (Phi) is 4.76. The zero-order chi connectivity index (χ0) is 12.0. The largest absolute Gasteiger partial charge is 0.504 e. The Morgan fingerprint density at radius 1 is 0.938 bits per heavy atom. The molecule has 0 bridgehead atoms. The number of hydrogen-bond donors (Lipinski definition) is 1. The first kappa shape index (κ1) is 12.5. The summed E-state index contributed by atoms with van der Waals surface area (Å²) in [6.07, 6.45) is 0. The van der Waals surface area contributed by atoms with Crippen LogP contribution in [0.15, 0.2) is 12.1 Å². The monoisotopic (exact) mass is 226 g/mol. The molecule has 16 heavy (non-hydrogen) atoms. The van der Waals surface area contributed by atoms with E-state index in [1.807, 2.05) is 20.8 Å². The molecule has 0 radical (unpaired) electrons. The Morgan fingerprint density at radius 3 is 2.12 bits per heavy atom. The first-order chi connectivity index (χ1) is 7.72. The van der Waals surface area contributed by atoms with Gasteiger partial charge in [0.25, 0.3) is 0 Å². The van der Waals surface area contributed by atoms with Gasteiger partial charge in [0.15, 0.2) is 11.5 Å². The van der Waals surface area contributed by atoms with E-state index in [0.717, 1.165) is 0 Å². The quantitative estimate of drug-likeness (QED) is 0.810. The van der Waals surface area contributed by atoms with E-state index in [9.17, 15) is 5.11 Å². The van der Waals surface area contributed by atoms with E-state index < -0.39 is 0 Å². The number of phenolic OH excluding ortho intramolecular Hbond substituents is 1. The van der Waals surface area contributed by atoms with Crippen LogP contribution in [-0.2, 0) is 0 Å². The SMILES string of the molecule is CCOc1cc(O)c(OCC)c(OCC)c1. The van der Waals surface area contributed by atoms with Crippen LogP contribution in [0.25, 0.3) is 0 Å². The lowest BCUT2D eigenvalue weighted by molar-refractivity contribution is 0.270. The van der Waals surface area contributed by atoms with E-state index in [-0.39, 0.29) is 5.75 Å². The number of aromatic hydroxyl groups is 1. The van der Waals surface area contributed by atoms with Gasteiger partial charge in [0, 0.05) is 12.1 Å². The van der Waals surface area contributed by atoms with Crippen molar-refractivity contribution >= 4 is 0 Å². The van der Waals surface area contributed by atoms with E-state index in [1.54, 1.807) is 6.07 Å². The molecule has 0 saturated heterocycles. The Hall–Kier alpha value is -1.58. The molecule has 1 aromatic rings. The second kappa shape index (κ2) is 6.10. The number of benzene rings is 1. The second-order valence-corrected chi connectivity index (χ2v) is 3.07. The van der Waals surface area contributed by atoms with Crippen molar-refractivity contribution in [2.75, 3.05) is 19.8 Å². The smallest absolute Gasteiger partial charge is 0.203 e. The molecule has 0 heterocycles. The van der Waals surface area contributed by atoms with Crippen molar-refractivity contribution in [1.29, 1.82) is 0 Å². The van der Waals surface area contributed by atoms with Crippen LogP contribution >= 0.6 is 0 Å². The molecule has 0 amide bonds. The van der Waals surface area contributed by atoms with Crippen LogP contribution in [0.3, 0.4) is 0 Å². The molecule has 4 nitrogen and oxygen atoms in total. The van der Waals surface area contributed by atoms with Gasteiger partial charge >= 0.3 is 0 Å². The van der Waals surface area contributed by atoms with Crippen LogP contribution in [0.1, 0.15) is 20.8 Å². The first-order valence-corrected chi connectivity index (χ1v) is 5.48. The average molecular weight is 226 g/mol. The minimum Gasteiger partial charge on any atom is -0.504 e. The van der Waals surface area contributed by atoms with Gasteiger partial charge in [-0.15, -0.1) is 0 Å². The van der Waals surface area contributed by atoms with Gasteiger partial charge in [-0.2, -0.15) is 0 Å². The predicted molar refractivity (Wildman–Crippen MR) is 61.6 cm³/mol. The van der Waals surface area contributed by atoms with Gasteiger partial charge in [0.2, 0.25) is 5.75 Å². The third-order valence-electron chi connectivity index (χ3n) is 1.91. The molecule has 90 valence electrons. The Bertz CT molecular complexity index is 336. The fourth-order valence-electron chi connectivity index (χ4n) is 1.37. The van der Waals surface area contributed by atoms with Crippen LogP contribution in [-0.4, -0.2) is 24.9 Å². The first-order valence-electron chi connectivity index (χ1n) is 5.48. The third kappa shape index (κ3) is 2.95. The van der Waals surface area contributed by atoms with Crippen LogP contribution in [0, 0.1) is 0 Å². The molecule has 0 aromatic heterocycles. The second-order valence-electron chi connectivity index (χ2n) is 3.07. The Balaban J connectivity index is 3.05. The molecule has 0 aliphatic heterocycles. The summed E-state index contributed by atoms with van der Waals surface area (Å²) in [4.78, 5) is 0. The highest BCUT2D eigenvalue weighted by Crippen LogP contribution is 2.40. The van der Waals surface area contributed by atoms with Crippen LogP contribution in [0.4, 0.5) is 0 Å². The van der Waals surface area contributed by atoms with Gasteiger partial charge in [-0.3, -0.25) is 0 Å². The van der Waals surface area contributed by atoms with E-state index in [4.69, 9.17) is 14.2 Å². The topological polar surface area (TPSA) is 47.9 Å². The molecule has 0 spiro atoms. The van der Waals surface area contributed by atoms with Gasteiger partial charge in [0.1, 0.15) is 5.75 Å². The maximum absolute atomic E-state index is 9.77. The van der Waals surface area contributed by atoms with Gasteiger partial charge < -0.3 is 19.3 Å². The molecule has 1 N–H and O–H groups in total. The minimum absolute atomic E-state index is 0.0382. The van der Waals surface area contributed by atoms with Crippen molar-refractivity contribution in [2.24, 2.45) is 0 Å². The average Bonchev–Trinajstić information content (AvgIpc) is 2.24. The zero-order valence-corrected chi connectivity index (χ0v) is 9.95. The summed E-state index contributed by atoms with van der Waals surface area (Å²) in [6, 6.07) is 3.24. The molecule has 0 aliphatic rings. The molecule has 0 fully saturated rings. The Morgan fingerprint density at radius 2 is 1.56 bits per heavy atom. The fraction of sp³-hybridized carbons (Fsp3) is 0.500. The highest BCUT2D eigenvalue weighted by molar-refractivity contribution is 5.55. The van der Waals surface area contributed by atoms with Crippen molar-refractivity contribution in [3.63, 3.8) is 0 Å². The highest BCUT2D eigenvalue weighted by atomic mass is 16.5. The van der Waals surface area contributed by atoms with Gasteiger partial charge in [-0.1, -0.05) is 0 Å². The summed E-state index contributed by atoms with van der Waals surface area (Å²) in [5, 5.41) is 9.77. The number of hydrogen-bond acceptors (Lipinski definition) is 4. The van der Waals surface area contributed by atoms with E-state index in [0.29, 0.717) is 37.1 Å².